The van der Waals surface area contributed by atoms with Crippen LogP contribution in [-0.2, 0) is 10.8 Å². The van der Waals surface area contributed by atoms with Crippen LogP contribution in [0.1, 0.15) is 49.9 Å². The van der Waals surface area contributed by atoms with Gasteiger partial charge in [0.1, 0.15) is 11.2 Å². The van der Waals surface area contributed by atoms with E-state index in [4.69, 9.17) is 4.42 Å². The van der Waals surface area contributed by atoms with E-state index in [1.54, 1.807) is 0 Å². The lowest BCUT2D eigenvalue weighted by Gasteiger charge is -2.32. The first-order valence-corrected chi connectivity index (χ1v) is 21.8. The van der Waals surface area contributed by atoms with Crippen molar-refractivity contribution in [2.45, 2.75) is 38.5 Å². The van der Waals surface area contributed by atoms with Crippen LogP contribution < -0.4 is 4.90 Å². The van der Waals surface area contributed by atoms with Gasteiger partial charge in [-0.3, -0.25) is 0 Å². The lowest BCUT2D eigenvalue weighted by Crippen LogP contribution is -2.18. The molecule has 62 heavy (non-hydrogen) atoms. The van der Waals surface area contributed by atoms with E-state index in [0.717, 1.165) is 39.0 Å². The number of rotatable bonds is 6. The summed E-state index contributed by atoms with van der Waals surface area (Å²) >= 11 is 0. The van der Waals surface area contributed by atoms with Crippen LogP contribution in [0.4, 0.5) is 17.1 Å². The van der Waals surface area contributed by atoms with Gasteiger partial charge in [0, 0.05) is 27.5 Å². The molecule has 1 aromatic heterocycles. The van der Waals surface area contributed by atoms with Gasteiger partial charge in [-0.1, -0.05) is 191 Å². The molecule has 2 aliphatic rings. The summed E-state index contributed by atoms with van der Waals surface area (Å²) < 4.78 is 6.63. The van der Waals surface area contributed by atoms with Crippen molar-refractivity contribution < 1.29 is 4.42 Å². The zero-order valence-corrected chi connectivity index (χ0v) is 35.4. The molecule has 2 heteroatoms. The van der Waals surface area contributed by atoms with Crippen molar-refractivity contribution >= 4 is 39.0 Å². The second-order valence-electron chi connectivity index (χ2n) is 18.0. The average Bonchev–Trinajstić information content (AvgIpc) is 3.89. The van der Waals surface area contributed by atoms with E-state index in [9.17, 15) is 0 Å². The minimum Gasteiger partial charge on any atom is -0.456 e. The van der Waals surface area contributed by atoms with Crippen LogP contribution in [0, 0.1) is 0 Å². The standard InChI is InChI=1S/C60H45NO/c1-59(2)49-29-13-10-22-41(49)43-36-35-39(37-51(43)59)61(53-32-18-34-55-57(53)48-25-12-15-33-54(48)62-55)52-31-17-26-45(56(52)44-24-9-8-21-40(44)38-19-6-5-7-20-38)47-28-16-27-46-42-23-11-14-30-50(42)60(3,4)58(46)47/h5-37H,1-4H3. The fourth-order valence-electron chi connectivity index (χ4n) is 11.1. The third-order valence-corrected chi connectivity index (χ3v) is 13.9. The monoisotopic (exact) mass is 795 g/mol. The van der Waals surface area contributed by atoms with Crippen molar-refractivity contribution in [3.63, 3.8) is 0 Å². The van der Waals surface area contributed by atoms with Crippen LogP contribution in [0.3, 0.4) is 0 Å². The molecule has 10 aromatic rings. The van der Waals surface area contributed by atoms with Crippen LogP contribution in [0.5, 0.6) is 0 Å². The van der Waals surface area contributed by atoms with E-state index in [-0.39, 0.29) is 10.8 Å². The maximum absolute atomic E-state index is 6.63. The first kappa shape index (κ1) is 36.4. The molecule has 2 nitrogen and oxygen atoms in total. The maximum atomic E-state index is 6.63. The number of nitrogens with zero attached hydrogens (tertiary/aromatic N) is 1. The smallest absolute Gasteiger partial charge is 0.137 e. The van der Waals surface area contributed by atoms with Gasteiger partial charge in [-0.15, -0.1) is 0 Å². The molecular weight excluding hydrogens is 751 g/mol. The SMILES string of the molecule is CC1(C)c2ccccc2-c2ccc(N(c3cccc(-c4cccc5c4C(C)(C)c4ccccc4-5)c3-c3ccccc3-c3ccccc3)c3cccc4oc5ccccc5c34)cc21. The minimum atomic E-state index is -0.212. The van der Waals surface area contributed by atoms with E-state index < -0.39 is 0 Å². The molecule has 0 saturated carbocycles. The van der Waals surface area contributed by atoms with Gasteiger partial charge in [-0.25, -0.2) is 0 Å². The maximum Gasteiger partial charge on any atom is 0.137 e. The largest absolute Gasteiger partial charge is 0.456 e. The zero-order chi connectivity index (χ0) is 41.7. The Morgan fingerprint density at radius 3 is 1.69 bits per heavy atom. The van der Waals surface area contributed by atoms with Gasteiger partial charge in [0.15, 0.2) is 0 Å². The highest BCUT2D eigenvalue weighted by Gasteiger charge is 2.39. The van der Waals surface area contributed by atoms with Crippen molar-refractivity contribution in [1.29, 1.82) is 0 Å². The van der Waals surface area contributed by atoms with Crippen molar-refractivity contribution in [1.82, 2.24) is 0 Å². The van der Waals surface area contributed by atoms with E-state index in [2.05, 4.69) is 233 Å². The van der Waals surface area contributed by atoms with E-state index in [0.29, 0.717) is 0 Å². The number of hydrogen-bond acceptors (Lipinski definition) is 2. The van der Waals surface area contributed by atoms with Gasteiger partial charge in [0.25, 0.3) is 0 Å². The molecule has 0 unspecified atom stereocenters. The molecule has 9 aromatic carbocycles. The van der Waals surface area contributed by atoms with Gasteiger partial charge < -0.3 is 9.32 Å². The minimum absolute atomic E-state index is 0.183. The fraction of sp³-hybridized carbons (Fsp3) is 0.100. The first-order valence-electron chi connectivity index (χ1n) is 21.8. The molecule has 0 atom stereocenters. The summed E-state index contributed by atoms with van der Waals surface area (Å²) in [6, 6.07) is 73.7. The van der Waals surface area contributed by atoms with Gasteiger partial charge in [0.05, 0.1) is 16.8 Å². The van der Waals surface area contributed by atoms with Gasteiger partial charge in [-0.2, -0.15) is 0 Å². The van der Waals surface area contributed by atoms with Crippen molar-refractivity contribution in [3.05, 3.63) is 222 Å². The highest BCUT2D eigenvalue weighted by molar-refractivity contribution is 6.15. The van der Waals surface area contributed by atoms with Crippen molar-refractivity contribution in [2.24, 2.45) is 0 Å². The van der Waals surface area contributed by atoms with Crippen LogP contribution in [-0.4, -0.2) is 0 Å². The van der Waals surface area contributed by atoms with Crippen molar-refractivity contribution in [2.75, 3.05) is 4.90 Å². The van der Waals surface area contributed by atoms with Crippen molar-refractivity contribution in [3.8, 4) is 55.6 Å². The Hall–Kier alpha value is -7.42. The van der Waals surface area contributed by atoms with E-state index in [1.165, 1.54) is 77.9 Å². The lowest BCUT2D eigenvalue weighted by atomic mass is 9.77. The quantitative estimate of drug-likeness (QED) is 0.167. The molecular formula is C60H45NO. The second kappa shape index (κ2) is 13.5. The Balaban J connectivity index is 1.21. The molecule has 0 saturated heterocycles. The Morgan fingerprint density at radius 1 is 0.371 bits per heavy atom. The summed E-state index contributed by atoms with van der Waals surface area (Å²) in [5.74, 6) is 0. The third-order valence-electron chi connectivity index (χ3n) is 13.9. The van der Waals surface area contributed by atoms with E-state index >= 15 is 0 Å². The molecule has 2 aliphatic carbocycles. The highest BCUT2D eigenvalue weighted by Crippen LogP contribution is 2.57. The summed E-state index contributed by atoms with van der Waals surface area (Å²) in [5, 5.41) is 2.19. The molecule has 296 valence electrons. The molecule has 1 heterocycles. The molecule has 0 amide bonds. The normalized spacial score (nSPS) is 14.1. The molecule has 12 rings (SSSR count). The summed E-state index contributed by atoms with van der Waals surface area (Å²) in [6.07, 6.45) is 0. The summed E-state index contributed by atoms with van der Waals surface area (Å²) in [7, 11) is 0. The molecule has 0 fully saturated rings. The Labute approximate surface area is 363 Å². The number of hydrogen-bond donors (Lipinski definition) is 0. The lowest BCUT2D eigenvalue weighted by molar-refractivity contribution is 0.660. The molecule has 0 bridgehead atoms. The van der Waals surface area contributed by atoms with Crippen LogP contribution >= 0.6 is 0 Å². The summed E-state index contributed by atoms with van der Waals surface area (Å²) in [4.78, 5) is 2.52. The van der Waals surface area contributed by atoms with Crippen LogP contribution in [0.2, 0.25) is 0 Å². The summed E-state index contributed by atoms with van der Waals surface area (Å²) in [5.41, 5.74) is 22.5. The number of furan rings is 1. The van der Waals surface area contributed by atoms with Crippen LogP contribution in [0.25, 0.3) is 77.6 Å². The number of anilines is 3. The molecule has 0 radical (unpaired) electrons. The topological polar surface area (TPSA) is 16.4 Å². The molecule has 0 N–H and O–H groups in total. The third kappa shape index (κ3) is 5.23. The Bertz CT molecular complexity index is 3420. The zero-order valence-electron chi connectivity index (χ0n) is 35.4. The number of fused-ring (bicyclic) bond motifs is 9. The Kier molecular flexibility index (Phi) is 7.96. The van der Waals surface area contributed by atoms with Gasteiger partial charge in [0.2, 0.25) is 0 Å². The predicted octanol–water partition coefficient (Wildman–Crippen LogP) is 16.7. The predicted molar refractivity (Wildman–Crippen MR) is 260 cm³/mol. The van der Waals surface area contributed by atoms with Gasteiger partial charge >= 0.3 is 0 Å². The highest BCUT2D eigenvalue weighted by atomic mass is 16.3. The van der Waals surface area contributed by atoms with Crippen LogP contribution in [0.15, 0.2) is 205 Å². The van der Waals surface area contributed by atoms with Gasteiger partial charge in [-0.05, 0) is 109 Å². The second-order valence-corrected chi connectivity index (χ2v) is 18.0. The first-order chi connectivity index (χ1) is 30.3. The number of benzene rings is 9. The number of para-hydroxylation sites is 1. The van der Waals surface area contributed by atoms with E-state index in [1.807, 2.05) is 0 Å². The fourth-order valence-corrected chi connectivity index (χ4v) is 11.1. The molecule has 0 aliphatic heterocycles. The average molecular weight is 796 g/mol. The molecule has 0 spiro atoms. The summed E-state index contributed by atoms with van der Waals surface area (Å²) in [6.45, 7) is 9.52. The Morgan fingerprint density at radius 2 is 0.903 bits per heavy atom.